The fourth-order valence-corrected chi connectivity index (χ4v) is 9.42. The maximum absolute atomic E-state index is 11.3. The van der Waals surface area contributed by atoms with Crippen LogP contribution in [0.25, 0.3) is 0 Å². The quantitative estimate of drug-likeness (QED) is 0.0252. The van der Waals surface area contributed by atoms with Crippen molar-refractivity contribution in [3.63, 3.8) is 0 Å². The highest BCUT2D eigenvalue weighted by Crippen LogP contribution is 2.14. The van der Waals surface area contributed by atoms with E-state index in [4.69, 9.17) is 78.2 Å². The second kappa shape index (κ2) is 91.5. The first-order valence-electron chi connectivity index (χ1n) is 37.6. The predicted molar refractivity (Wildman–Crippen MR) is 474 cm³/mol. The molecule has 0 spiro atoms. The molecule has 0 aromatic carbocycles. The van der Waals surface area contributed by atoms with Gasteiger partial charge in [0.15, 0.2) is 59.0 Å². The Bertz CT molecular complexity index is 3700. The Kier molecular flexibility index (Phi) is 105. The van der Waals surface area contributed by atoms with Crippen LogP contribution in [-0.2, 0) is 178 Å². The fraction of sp³-hybridized carbons (Fsp3) is 0.632. The van der Waals surface area contributed by atoms with Crippen molar-refractivity contribution in [2.75, 3.05) is 120 Å². The molecule has 7 N–H and O–H groups in total. The molecular weight excluding hydrogens is 1830 g/mol. The van der Waals surface area contributed by atoms with Crippen LogP contribution in [0.2, 0.25) is 0 Å². The van der Waals surface area contributed by atoms with Crippen molar-refractivity contribution in [1.29, 1.82) is 0 Å². The van der Waals surface area contributed by atoms with Gasteiger partial charge in [-0.1, -0.05) is 58.2 Å². The molecule has 0 unspecified atom stereocenters. The summed E-state index contributed by atoms with van der Waals surface area (Å²) in [4.78, 5) is 183. The number of nitrogens with one attached hydrogen (secondary N) is 3. The maximum atomic E-state index is 11.3. The molecule has 0 atom stereocenters. The number of unbranched alkanes of at least 4 members (excludes halogenated alkanes) is 1. The first-order chi connectivity index (χ1) is 59.5. The molecule has 128 heavy (non-hydrogen) atoms. The lowest BCUT2D eigenvalue weighted by atomic mass is 10.2. The molecule has 1 rings (SSSR count). The minimum absolute atomic E-state index is 0.0308. The number of nitrogens with two attached hydrogens (primary N) is 2. The molecule has 0 saturated carbocycles. The lowest BCUT2D eigenvalue weighted by molar-refractivity contribution is -0.177. The van der Waals surface area contributed by atoms with Gasteiger partial charge in [0.05, 0.1) is 34.5 Å². The SMILES string of the molecule is C=CS(=O)(=O)CCOC(=O)CCCN.C=CS(=O)(=O)CCOC(=O)CCCNC.C=CS(=O)(=O)CCOC(=O)CCCNC(=O)OC(C)(C)C.C=CS(=O)(=O)CCOC(=O)CCCNC(=O)OC(C)(C)C.C=CS(=O)(=O)CCOC(=O)ON1C(=O)CCC1=O.C=O.C=O.C=O.C=O.C=O.C=O.C=O.CCCCC(=O)OC(C)(C)C.CCS(=O)(=O)CCOC(=O)CCCN. The van der Waals surface area contributed by atoms with E-state index in [1.54, 1.807) is 55.5 Å². The number of esters is 6. The zero-order chi connectivity index (χ0) is 103. The molecule has 52 heteroatoms. The highest BCUT2D eigenvalue weighted by molar-refractivity contribution is 7.95. The number of imide groups is 1. The zero-order valence-corrected chi connectivity index (χ0v) is 80.5. The van der Waals surface area contributed by atoms with E-state index < -0.39 is 131 Å². The second-order valence-electron chi connectivity index (χ2n) is 26.0. The molecule has 0 aliphatic carbocycles. The van der Waals surface area contributed by atoms with Crippen LogP contribution in [0.5, 0.6) is 0 Å². The van der Waals surface area contributed by atoms with Gasteiger partial charge in [-0.25, -0.2) is 64.9 Å². The number of hydrogen-bond donors (Lipinski definition) is 5. The van der Waals surface area contributed by atoms with Crippen molar-refractivity contribution in [3.05, 3.63) is 59.9 Å². The highest BCUT2D eigenvalue weighted by Gasteiger charge is 2.33. The fourth-order valence-electron chi connectivity index (χ4n) is 6.38. The van der Waals surface area contributed by atoms with Crippen LogP contribution < -0.4 is 27.4 Å². The first-order valence-corrected chi connectivity index (χ1v) is 48.0. The molecule has 0 aromatic rings. The van der Waals surface area contributed by atoms with E-state index in [1.165, 1.54) is 0 Å². The molecule has 0 aromatic heterocycles. The summed E-state index contributed by atoms with van der Waals surface area (Å²) in [5.41, 5.74) is 8.90. The molecule has 0 bridgehead atoms. The lowest BCUT2D eigenvalue weighted by Gasteiger charge is -2.19. The number of rotatable bonds is 46. The van der Waals surface area contributed by atoms with Crippen molar-refractivity contribution in [1.82, 2.24) is 21.0 Å². The van der Waals surface area contributed by atoms with Crippen LogP contribution in [0.3, 0.4) is 0 Å². The van der Waals surface area contributed by atoms with Gasteiger partial charge in [0, 0.05) is 97.2 Å². The number of ether oxygens (including phenoxy) is 9. The molecule has 46 nitrogen and oxygen atoms in total. The van der Waals surface area contributed by atoms with Crippen LogP contribution >= 0.6 is 0 Å². The third-order valence-electron chi connectivity index (χ3n) is 12.2. The summed E-state index contributed by atoms with van der Waals surface area (Å²) in [6.45, 7) is 50.4. The van der Waals surface area contributed by atoms with Gasteiger partial charge in [0.1, 0.15) is 104 Å². The lowest BCUT2D eigenvalue weighted by Crippen LogP contribution is -2.33. The molecule has 0 radical (unpaired) electrons. The normalized spacial score (nSPS) is 10.9. The molecule has 1 aliphatic heterocycles. The number of carbonyl (C=O) groups is 18. The van der Waals surface area contributed by atoms with Gasteiger partial charge in [-0.2, -0.15) is 0 Å². The summed E-state index contributed by atoms with van der Waals surface area (Å²) in [5.74, 6) is -5.03. The first kappa shape index (κ1) is 146. The second-order valence-corrected chi connectivity index (χ2v) is 38.8. The minimum atomic E-state index is -3.48. The Morgan fingerprint density at radius 3 is 0.820 bits per heavy atom. The monoisotopic (exact) mass is 1970 g/mol. The Morgan fingerprint density at radius 2 is 0.594 bits per heavy atom. The van der Waals surface area contributed by atoms with Crippen LogP contribution in [-0.4, -0.2) is 306 Å². The standard InChI is InChI=1S/2C13H23NO6S.C9H11NO7S.C9H17NO4S.C9H18O2.C8H17NO4S.C8H15NO4S.7CH2O/c2*1-5-21(17,18)10-9-19-11(15)7-6-8-14-12(16)20-13(2,3)4;1-2-18(14,15)6-5-16-9(13)17-10-7(11)3-4-8(10)12;1-3-15(12,13)8-7-14-9(11)5-4-6-10-2;1-5-6-7-8(10)11-9(2,3)4;2*1-2-14(11,12)7-6-13-8(10)4-3-5-9;7*1-2/h2*5H,1,6-10H2,2-4H3,(H,14,16);2H,1,3-6H2;3,10H,1,4-8H2,2H3;5-7H2,1-4H3;2-7,9H2,1H3;2H,1,3-7,9H2;7*1H2. The van der Waals surface area contributed by atoms with E-state index in [0.29, 0.717) is 63.1 Å². The molecule has 4 amide bonds. The van der Waals surface area contributed by atoms with Gasteiger partial charge in [-0.3, -0.25) is 43.2 Å². The summed E-state index contributed by atoms with van der Waals surface area (Å²) >= 11 is 0. The molecule has 1 heterocycles. The number of sulfone groups is 6. The molecule has 1 saturated heterocycles. The van der Waals surface area contributed by atoms with Gasteiger partial charge in [0.25, 0.3) is 11.8 Å². The van der Waals surface area contributed by atoms with E-state index in [1.807, 2.05) is 68.3 Å². The molecule has 748 valence electrons. The number of alkyl carbamates (subject to hydrolysis) is 2. The third kappa shape index (κ3) is 120. The Hall–Kier alpha value is -10.3. The summed E-state index contributed by atoms with van der Waals surface area (Å²) < 4.78 is 175. The smallest absolute Gasteiger partial charge is 0.465 e. The van der Waals surface area contributed by atoms with E-state index in [9.17, 15) is 103 Å². The summed E-state index contributed by atoms with van der Waals surface area (Å²) in [6.07, 6.45) is 3.57. The van der Waals surface area contributed by atoms with Gasteiger partial charge >= 0.3 is 54.2 Å². The van der Waals surface area contributed by atoms with E-state index >= 15 is 0 Å². The number of nitrogens with zero attached hydrogens (tertiary/aromatic N) is 1. The number of hydrogen-bond acceptors (Lipinski definition) is 43. The average Bonchev–Trinajstić information content (AvgIpc) is 1.73. The van der Waals surface area contributed by atoms with Crippen LogP contribution in [0.1, 0.15) is 172 Å². The van der Waals surface area contributed by atoms with Crippen molar-refractivity contribution >= 4 is 173 Å². The van der Waals surface area contributed by atoms with Crippen molar-refractivity contribution < 1.29 is 184 Å². The van der Waals surface area contributed by atoms with Crippen molar-refractivity contribution in [2.45, 2.75) is 189 Å². The van der Waals surface area contributed by atoms with E-state index in [2.05, 4.69) is 70.1 Å². The van der Waals surface area contributed by atoms with Crippen molar-refractivity contribution in [2.24, 2.45) is 11.5 Å². The molecule has 1 aliphatic rings. The minimum Gasteiger partial charge on any atom is -0.465 e. The molecule has 1 fully saturated rings. The Labute approximate surface area is 754 Å². The Morgan fingerprint density at radius 1 is 0.359 bits per heavy atom. The molecular formula is C76H138N6O40S6. The highest BCUT2D eigenvalue weighted by atomic mass is 32.2. The van der Waals surface area contributed by atoms with Crippen LogP contribution in [0, 0.1) is 0 Å². The Balaban J connectivity index is -0.000000108. The maximum Gasteiger partial charge on any atom is 0.533 e. The largest absolute Gasteiger partial charge is 0.533 e. The predicted octanol–water partition coefficient (Wildman–Crippen LogP) is 3.39. The van der Waals surface area contributed by atoms with Gasteiger partial charge in [-0.15, -0.1) is 0 Å². The topological polar surface area (TPSA) is 696 Å². The summed E-state index contributed by atoms with van der Waals surface area (Å²) in [5, 5.41) is 12.3. The van der Waals surface area contributed by atoms with E-state index in [-0.39, 0.29) is 143 Å². The van der Waals surface area contributed by atoms with Gasteiger partial charge in [-0.05, 0) is 128 Å². The summed E-state index contributed by atoms with van der Waals surface area (Å²) in [6, 6.07) is 0. The number of hydroxylamine groups is 2. The zero-order valence-electron chi connectivity index (χ0n) is 75.6. The van der Waals surface area contributed by atoms with E-state index in [0.717, 1.165) is 46.4 Å². The number of carbonyl (C=O) groups excluding carboxylic acids is 18. The van der Waals surface area contributed by atoms with Gasteiger partial charge < -0.3 is 104 Å². The average molecular weight is 1970 g/mol. The van der Waals surface area contributed by atoms with Gasteiger partial charge in [0.2, 0.25) is 0 Å². The third-order valence-corrected chi connectivity index (χ3v) is 20.1. The summed E-state index contributed by atoms with van der Waals surface area (Å²) in [7, 11) is -18.0. The van der Waals surface area contributed by atoms with Crippen molar-refractivity contribution in [3.8, 4) is 0 Å². The van der Waals surface area contributed by atoms with Crippen LogP contribution in [0.15, 0.2) is 59.9 Å². The number of amides is 4. The van der Waals surface area contributed by atoms with Crippen LogP contribution in [0.4, 0.5) is 14.4 Å².